The molecule has 0 aliphatic carbocycles. The van der Waals surface area contributed by atoms with E-state index in [0.717, 1.165) is 5.75 Å². The fourth-order valence-electron chi connectivity index (χ4n) is 2.43. The van der Waals surface area contributed by atoms with Crippen molar-refractivity contribution in [1.82, 2.24) is 0 Å². The largest absolute Gasteiger partial charge is 0.544 e. The van der Waals surface area contributed by atoms with Crippen LogP contribution < -0.4 is 4.43 Å². The van der Waals surface area contributed by atoms with Crippen LogP contribution in [-0.2, 0) is 0 Å². The molecule has 0 aliphatic rings. The molecule has 0 spiro atoms. The van der Waals surface area contributed by atoms with Crippen molar-refractivity contribution in [3.05, 3.63) is 54.6 Å². The molecular weight excluding hydrogens is 248 g/mol. The van der Waals surface area contributed by atoms with Crippen molar-refractivity contribution in [2.24, 2.45) is 0 Å². The van der Waals surface area contributed by atoms with Gasteiger partial charge in [-0.2, -0.15) is 0 Å². The predicted molar refractivity (Wildman–Crippen MR) is 85.4 cm³/mol. The van der Waals surface area contributed by atoms with Crippen LogP contribution in [-0.4, -0.2) is 8.32 Å². The highest BCUT2D eigenvalue weighted by Gasteiger charge is 2.18. The third kappa shape index (κ3) is 2.36. The average molecular weight is 266 g/mol. The van der Waals surface area contributed by atoms with Crippen LogP contribution in [0.5, 0.6) is 5.75 Å². The fraction of sp³-hybridized carbons (Fsp3) is 0.176. The standard InChI is InChI=1S/C17H18OSi/c1-19(2,3)18-17-12-13-8-4-5-9-14(13)15-10-6-7-11-16(15)17/h4-12H,1-3H3. The zero-order chi connectivity index (χ0) is 13.5. The zero-order valence-corrected chi connectivity index (χ0v) is 12.6. The average Bonchev–Trinajstić information content (AvgIpc) is 2.37. The van der Waals surface area contributed by atoms with Crippen molar-refractivity contribution in [2.45, 2.75) is 19.6 Å². The van der Waals surface area contributed by atoms with E-state index in [0.29, 0.717) is 0 Å². The normalized spacial score (nSPS) is 11.9. The van der Waals surface area contributed by atoms with E-state index < -0.39 is 8.32 Å². The third-order valence-electron chi connectivity index (χ3n) is 3.15. The SMILES string of the molecule is C[Si](C)(C)Oc1cc2ccccc2c2ccccc12. The van der Waals surface area contributed by atoms with Gasteiger partial charge in [0.2, 0.25) is 8.32 Å². The van der Waals surface area contributed by atoms with Crippen LogP contribution in [0.15, 0.2) is 54.6 Å². The second-order valence-electron chi connectivity index (χ2n) is 5.86. The van der Waals surface area contributed by atoms with Crippen LogP contribution in [0.25, 0.3) is 21.5 Å². The Kier molecular flexibility index (Phi) is 2.83. The Morgan fingerprint density at radius 2 is 1.32 bits per heavy atom. The van der Waals surface area contributed by atoms with Crippen LogP contribution >= 0.6 is 0 Å². The molecule has 19 heavy (non-hydrogen) atoms. The highest BCUT2D eigenvalue weighted by atomic mass is 28.4. The van der Waals surface area contributed by atoms with Crippen molar-refractivity contribution in [3.63, 3.8) is 0 Å². The Balaban J connectivity index is 2.36. The van der Waals surface area contributed by atoms with Gasteiger partial charge >= 0.3 is 0 Å². The van der Waals surface area contributed by atoms with Gasteiger partial charge in [0.15, 0.2) is 0 Å². The molecule has 96 valence electrons. The number of hydrogen-bond donors (Lipinski definition) is 0. The minimum Gasteiger partial charge on any atom is -0.544 e. The molecule has 0 bridgehead atoms. The molecule has 3 rings (SSSR count). The maximum Gasteiger partial charge on any atom is 0.242 e. The smallest absolute Gasteiger partial charge is 0.242 e. The first-order chi connectivity index (χ1) is 9.04. The van der Waals surface area contributed by atoms with Gasteiger partial charge < -0.3 is 4.43 Å². The molecule has 0 N–H and O–H groups in total. The molecule has 0 aliphatic heterocycles. The van der Waals surface area contributed by atoms with Crippen molar-refractivity contribution < 1.29 is 4.43 Å². The van der Waals surface area contributed by atoms with Gasteiger partial charge in [0.1, 0.15) is 5.75 Å². The Morgan fingerprint density at radius 3 is 2.00 bits per heavy atom. The molecule has 3 aromatic carbocycles. The Hall–Kier alpha value is -1.80. The van der Waals surface area contributed by atoms with Crippen molar-refractivity contribution in [3.8, 4) is 5.75 Å². The van der Waals surface area contributed by atoms with Gasteiger partial charge in [0, 0.05) is 5.39 Å². The quantitative estimate of drug-likeness (QED) is 0.457. The summed E-state index contributed by atoms with van der Waals surface area (Å²) in [6.45, 7) is 6.66. The van der Waals surface area contributed by atoms with Gasteiger partial charge in [0.05, 0.1) is 0 Å². The molecule has 1 nitrogen and oxygen atoms in total. The highest BCUT2D eigenvalue weighted by molar-refractivity contribution is 6.70. The minimum atomic E-state index is -1.60. The first-order valence-corrected chi connectivity index (χ1v) is 10.0. The van der Waals surface area contributed by atoms with Crippen LogP contribution in [0.1, 0.15) is 0 Å². The van der Waals surface area contributed by atoms with Crippen LogP contribution in [0.4, 0.5) is 0 Å². The lowest BCUT2D eigenvalue weighted by Gasteiger charge is -2.21. The molecule has 0 amide bonds. The second-order valence-corrected chi connectivity index (χ2v) is 10.3. The maximum absolute atomic E-state index is 6.26. The number of benzene rings is 3. The zero-order valence-electron chi connectivity index (χ0n) is 11.6. The summed E-state index contributed by atoms with van der Waals surface area (Å²) in [6, 6.07) is 19.2. The molecule has 0 radical (unpaired) electrons. The van der Waals surface area contributed by atoms with Gasteiger partial charge in [-0.15, -0.1) is 0 Å². The molecule has 0 atom stereocenters. The number of rotatable bonds is 2. The van der Waals surface area contributed by atoms with Crippen molar-refractivity contribution in [1.29, 1.82) is 0 Å². The van der Waals surface area contributed by atoms with E-state index in [1.165, 1.54) is 21.5 Å². The molecule has 2 heteroatoms. The Morgan fingerprint density at radius 1 is 0.737 bits per heavy atom. The Bertz CT molecular complexity index is 741. The molecule has 3 aromatic rings. The van der Waals surface area contributed by atoms with Crippen molar-refractivity contribution >= 4 is 29.9 Å². The summed E-state index contributed by atoms with van der Waals surface area (Å²) in [7, 11) is -1.60. The summed E-state index contributed by atoms with van der Waals surface area (Å²) in [6.07, 6.45) is 0. The van der Waals surface area contributed by atoms with E-state index in [1.807, 2.05) is 0 Å². The molecule has 0 saturated heterocycles. The summed E-state index contributed by atoms with van der Waals surface area (Å²) in [5.41, 5.74) is 0. The third-order valence-corrected chi connectivity index (χ3v) is 3.98. The lowest BCUT2D eigenvalue weighted by Crippen LogP contribution is -2.29. The molecule has 0 unspecified atom stereocenters. The van der Waals surface area contributed by atoms with Gasteiger partial charge in [-0.3, -0.25) is 0 Å². The first-order valence-electron chi connectivity index (χ1n) is 6.64. The minimum absolute atomic E-state index is 1.02. The van der Waals surface area contributed by atoms with Gasteiger partial charge in [-0.1, -0.05) is 48.5 Å². The van der Waals surface area contributed by atoms with E-state index >= 15 is 0 Å². The maximum atomic E-state index is 6.26. The van der Waals surface area contributed by atoms with E-state index in [2.05, 4.69) is 74.2 Å². The molecule has 0 aromatic heterocycles. The van der Waals surface area contributed by atoms with E-state index in [9.17, 15) is 0 Å². The topological polar surface area (TPSA) is 9.23 Å². The van der Waals surface area contributed by atoms with E-state index in [4.69, 9.17) is 4.43 Å². The molecule has 0 saturated carbocycles. The highest BCUT2D eigenvalue weighted by Crippen LogP contribution is 2.34. The lowest BCUT2D eigenvalue weighted by molar-refractivity contribution is 0.565. The van der Waals surface area contributed by atoms with Crippen LogP contribution in [0.2, 0.25) is 19.6 Å². The monoisotopic (exact) mass is 266 g/mol. The van der Waals surface area contributed by atoms with Gasteiger partial charge in [0.25, 0.3) is 0 Å². The van der Waals surface area contributed by atoms with Gasteiger partial charge in [-0.05, 0) is 41.9 Å². The summed E-state index contributed by atoms with van der Waals surface area (Å²) in [4.78, 5) is 0. The van der Waals surface area contributed by atoms with Crippen LogP contribution in [0.3, 0.4) is 0 Å². The molecule has 0 fully saturated rings. The Labute approximate surface area is 115 Å². The lowest BCUT2D eigenvalue weighted by atomic mass is 10.0. The number of fused-ring (bicyclic) bond motifs is 3. The second kappa shape index (κ2) is 4.39. The molecule has 0 heterocycles. The summed E-state index contributed by atoms with van der Waals surface area (Å²) < 4.78 is 6.26. The molecular formula is C17H18OSi. The van der Waals surface area contributed by atoms with E-state index in [-0.39, 0.29) is 0 Å². The summed E-state index contributed by atoms with van der Waals surface area (Å²) in [5.74, 6) is 1.02. The van der Waals surface area contributed by atoms with Crippen molar-refractivity contribution in [2.75, 3.05) is 0 Å². The van der Waals surface area contributed by atoms with Crippen LogP contribution in [0, 0.1) is 0 Å². The summed E-state index contributed by atoms with van der Waals surface area (Å²) in [5, 5.41) is 5.02. The first kappa shape index (κ1) is 12.2. The predicted octanol–water partition coefficient (Wildman–Crippen LogP) is 5.21. The summed E-state index contributed by atoms with van der Waals surface area (Å²) >= 11 is 0. The number of hydrogen-bond acceptors (Lipinski definition) is 1. The fourth-order valence-corrected chi connectivity index (χ4v) is 3.26. The van der Waals surface area contributed by atoms with Gasteiger partial charge in [-0.25, -0.2) is 0 Å². The van der Waals surface area contributed by atoms with E-state index in [1.54, 1.807) is 0 Å².